The monoisotopic (exact) mass is 264 g/mol. The highest BCUT2D eigenvalue weighted by Crippen LogP contribution is 2.19. The molecule has 2 N–H and O–H groups in total. The van der Waals surface area contributed by atoms with Gasteiger partial charge >= 0.3 is 0 Å². The fourth-order valence-corrected chi connectivity index (χ4v) is 2.15. The molecular formula is C12H25ClN2O2. The van der Waals surface area contributed by atoms with E-state index in [2.05, 4.69) is 0 Å². The smallest absolute Gasteiger partial charge is 0.226 e. The number of amides is 1. The molecule has 1 amide bonds. The highest BCUT2D eigenvalue weighted by molar-refractivity contribution is 5.85. The number of hydrogen-bond donors (Lipinski definition) is 1. The van der Waals surface area contributed by atoms with Gasteiger partial charge in [-0.15, -0.1) is 12.4 Å². The Labute approximate surface area is 110 Å². The maximum absolute atomic E-state index is 12.1. The second-order valence-electron chi connectivity index (χ2n) is 4.90. The van der Waals surface area contributed by atoms with E-state index in [1.807, 2.05) is 18.7 Å². The average molecular weight is 265 g/mol. The third-order valence-corrected chi connectivity index (χ3v) is 3.41. The number of likely N-dealkylation sites (tertiary alicyclic amines) is 1. The third kappa shape index (κ3) is 4.82. The molecule has 0 radical (unpaired) electrons. The zero-order valence-corrected chi connectivity index (χ0v) is 11.8. The van der Waals surface area contributed by atoms with Crippen LogP contribution in [0, 0.1) is 11.8 Å². The van der Waals surface area contributed by atoms with Crippen molar-refractivity contribution in [2.24, 2.45) is 17.6 Å². The van der Waals surface area contributed by atoms with Crippen molar-refractivity contribution in [3.8, 4) is 0 Å². The molecule has 0 aromatic carbocycles. The van der Waals surface area contributed by atoms with Crippen LogP contribution in [0.4, 0.5) is 0 Å². The predicted octanol–water partition coefficient (Wildman–Crippen LogP) is 1.28. The van der Waals surface area contributed by atoms with Crippen molar-refractivity contribution in [2.75, 3.05) is 26.8 Å². The van der Waals surface area contributed by atoms with Gasteiger partial charge in [0.25, 0.3) is 0 Å². The van der Waals surface area contributed by atoms with Crippen molar-refractivity contribution in [3.63, 3.8) is 0 Å². The molecule has 1 saturated heterocycles. The number of rotatable bonds is 4. The largest absolute Gasteiger partial charge is 0.384 e. The molecule has 4 nitrogen and oxygen atoms in total. The lowest BCUT2D eigenvalue weighted by molar-refractivity contribution is -0.137. The molecule has 102 valence electrons. The average Bonchev–Trinajstić information content (AvgIpc) is 2.28. The number of carbonyl (C=O) groups excluding carboxylic acids is 1. The lowest BCUT2D eigenvalue weighted by atomic mass is 9.96. The van der Waals surface area contributed by atoms with Crippen molar-refractivity contribution < 1.29 is 9.53 Å². The van der Waals surface area contributed by atoms with Gasteiger partial charge in [-0.2, -0.15) is 0 Å². The molecular weight excluding hydrogens is 240 g/mol. The Bertz CT molecular complexity index is 235. The van der Waals surface area contributed by atoms with Crippen LogP contribution in [0.1, 0.15) is 26.7 Å². The lowest BCUT2D eigenvalue weighted by Gasteiger charge is -2.34. The summed E-state index contributed by atoms with van der Waals surface area (Å²) < 4.78 is 5.15. The van der Waals surface area contributed by atoms with Gasteiger partial charge in [0, 0.05) is 26.2 Å². The SMILES string of the molecule is COCC1CCCN(C(=O)C(C)C(C)N)C1.Cl. The van der Waals surface area contributed by atoms with E-state index in [1.165, 1.54) is 0 Å². The molecule has 3 atom stereocenters. The highest BCUT2D eigenvalue weighted by Gasteiger charge is 2.28. The summed E-state index contributed by atoms with van der Waals surface area (Å²) in [6.07, 6.45) is 2.23. The van der Waals surface area contributed by atoms with E-state index in [-0.39, 0.29) is 30.3 Å². The summed E-state index contributed by atoms with van der Waals surface area (Å²) in [5, 5.41) is 0. The van der Waals surface area contributed by atoms with Crippen LogP contribution in [0.2, 0.25) is 0 Å². The molecule has 0 saturated carbocycles. The number of nitrogens with zero attached hydrogens (tertiary/aromatic N) is 1. The topological polar surface area (TPSA) is 55.6 Å². The van der Waals surface area contributed by atoms with Crippen molar-refractivity contribution in [2.45, 2.75) is 32.7 Å². The molecule has 0 aromatic heterocycles. The minimum atomic E-state index is -0.0821. The first kappa shape index (κ1) is 16.7. The fourth-order valence-electron chi connectivity index (χ4n) is 2.15. The van der Waals surface area contributed by atoms with Gasteiger partial charge < -0.3 is 15.4 Å². The molecule has 0 aromatic rings. The zero-order chi connectivity index (χ0) is 12.1. The van der Waals surface area contributed by atoms with E-state index in [1.54, 1.807) is 7.11 Å². The van der Waals surface area contributed by atoms with Crippen molar-refractivity contribution in [1.82, 2.24) is 4.90 Å². The Hall–Kier alpha value is -0.320. The molecule has 5 heteroatoms. The minimum Gasteiger partial charge on any atom is -0.384 e. The van der Waals surface area contributed by atoms with Crippen molar-refractivity contribution in [1.29, 1.82) is 0 Å². The minimum absolute atomic E-state index is 0. The summed E-state index contributed by atoms with van der Waals surface area (Å²) in [7, 11) is 1.71. The van der Waals surface area contributed by atoms with Crippen molar-refractivity contribution in [3.05, 3.63) is 0 Å². The third-order valence-electron chi connectivity index (χ3n) is 3.41. The van der Waals surface area contributed by atoms with E-state index in [0.717, 1.165) is 32.5 Å². The van der Waals surface area contributed by atoms with Gasteiger partial charge in [-0.1, -0.05) is 6.92 Å². The molecule has 1 heterocycles. The van der Waals surface area contributed by atoms with Crippen molar-refractivity contribution >= 4 is 18.3 Å². The van der Waals surface area contributed by atoms with E-state index >= 15 is 0 Å². The summed E-state index contributed by atoms with van der Waals surface area (Å²) in [6.45, 7) is 6.24. The summed E-state index contributed by atoms with van der Waals surface area (Å²) in [5.41, 5.74) is 5.76. The first-order chi connectivity index (χ1) is 7.56. The Kier molecular flexibility index (Phi) is 7.75. The van der Waals surface area contributed by atoms with Gasteiger partial charge in [0.15, 0.2) is 0 Å². The number of nitrogens with two attached hydrogens (primary N) is 1. The quantitative estimate of drug-likeness (QED) is 0.832. The van der Waals surface area contributed by atoms with Crippen LogP contribution in [0.25, 0.3) is 0 Å². The highest BCUT2D eigenvalue weighted by atomic mass is 35.5. The van der Waals surface area contributed by atoms with Crippen LogP contribution in [-0.2, 0) is 9.53 Å². The maximum Gasteiger partial charge on any atom is 0.226 e. The van der Waals surface area contributed by atoms with E-state index in [4.69, 9.17) is 10.5 Å². The Morgan fingerprint density at radius 1 is 1.53 bits per heavy atom. The Morgan fingerprint density at radius 3 is 2.71 bits per heavy atom. The van der Waals surface area contributed by atoms with Crippen LogP contribution in [-0.4, -0.2) is 43.7 Å². The van der Waals surface area contributed by atoms with Gasteiger partial charge in [-0.3, -0.25) is 4.79 Å². The number of carbonyl (C=O) groups is 1. The second-order valence-corrected chi connectivity index (χ2v) is 4.90. The summed E-state index contributed by atoms with van der Waals surface area (Å²) in [5.74, 6) is 0.597. The van der Waals surface area contributed by atoms with Crippen LogP contribution in [0.3, 0.4) is 0 Å². The van der Waals surface area contributed by atoms with Crippen LogP contribution in [0.15, 0.2) is 0 Å². The van der Waals surface area contributed by atoms with Crippen LogP contribution >= 0.6 is 12.4 Å². The van der Waals surface area contributed by atoms with Gasteiger partial charge in [-0.05, 0) is 25.7 Å². The Balaban J connectivity index is 0.00000256. The molecule has 1 aliphatic heterocycles. The second kappa shape index (κ2) is 7.90. The van der Waals surface area contributed by atoms with Crippen LogP contribution < -0.4 is 5.73 Å². The molecule has 3 unspecified atom stereocenters. The lowest BCUT2D eigenvalue weighted by Crippen LogP contribution is -2.46. The fraction of sp³-hybridized carbons (Fsp3) is 0.917. The number of ether oxygens (including phenoxy) is 1. The first-order valence-electron chi connectivity index (χ1n) is 6.09. The van der Waals surface area contributed by atoms with E-state index in [0.29, 0.717) is 5.92 Å². The Morgan fingerprint density at radius 2 is 2.18 bits per heavy atom. The molecule has 1 rings (SSSR count). The zero-order valence-electron chi connectivity index (χ0n) is 11.0. The maximum atomic E-state index is 12.1. The molecule has 1 fully saturated rings. The molecule has 0 spiro atoms. The van der Waals surface area contributed by atoms with Gasteiger partial charge in [-0.25, -0.2) is 0 Å². The van der Waals surface area contributed by atoms with E-state index < -0.39 is 0 Å². The normalized spacial score (nSPS) is 23.8. The number of piperidine rings is 1. The predicted molar refractivity (Wildman–Crippen MR) is 71.2 cm³/mol. The molecule has 17 heavy (non-hydrogen) atoms. The van der Waals surface area contributed by atoms with Gasteiger partial charge in [0.2, 0.25) is 5.91 Å². The van der Waals surface area contributed by atoms with Gasteiger partial charge in [0.05, 0.1) is 12.5 Å². The summed E-state index contributed by atoms with van der Waals surface area (Å²) in [4.78, 5) is 14.0. The summed E-state index contributed by atoms with van der Waals surface area (Å²) >= 11 is 0. The molecule has 1 aliphatic rings. The number of hydrogen-bond acceptors (Lipinski definition) is 3. The van der Waals surface area contributed by atoms with Crippen LogP contribution in [0.5, 0.6) is 0 Å². The number of halogens is 1. The summed E-state index contributed by atoms with van der Waals surface area (Å²) in [6, 6.07) is -0.0738. The molecule has 0 aliphatic carbocycles. The number of methoxy groups -OCH3 is 1. The molecule has 0 bridgehead atoms. The van der Waals surface area contributed by atoms with E-state index in [9.17, 15) is 4.79 Å². The standard InChI is InChI=1S/C12H24N2O2.ClH/c1-9(10(2)13)12(15)14-6-4-5-11(7-14)8-16-3;/h9-11H,4-8,13H2,1-3H3;1H. The van der Waals surface area contributed by atoms with Gasteiger partial charge in [0.1, 0.15) is 0 Å². The first-order valence-corrected chi connectivity index (χ1v) is 6.09.